The number of nitrogens with zero attached hydrogens (tertiary/aromatic N) is 1. The minimum atomic E-state index is -0.262. The van der Waals surface area contributed by atoms with Crippen LogP contribution in [0, 0.1) is 12.7 Å². The Kier molecular flexibility index (Phi) is 5.35. The van der Waals surface area contributed by atoms with E-state index in [1.807, 2.05) is 11.5 Å². The Bertz CT molecular complexity index is 867. The molecule has 0 saturated carbocycles. The first-order chi connectivity index (χ1) is 12.5. The van der Waals surface area contributed by atoms with Gasteiger partial charge in [0.1, 0.15) is 5.82 Å². The van der Waals surface area contributed by atoms with Crippen molar-refractivity contribution in [3.05, 3.63) is 70.8 Å². The highest BCUT2D eigenvalue weighted by atomic mass is 19.1. The number of halogens is 1. The summed E-state index contributed by atoms with van der Waals surface area (Å²) in [5, 5.41) is 2.76. The maximum atomic E-state index is 14.1. The van der Waals surface area contributed by atoms with Crippen molar-refractivity contribution < 1.29 is 14.0 Å². The first kappa shape index (κ1) is 18.1. The van der Waals surface area contributed by atoms with Gasteiger partial charge in [0, 0.05) is 35.5 Å². The second-order valence-electron chi connectivity index (χ2n) is 6.61. The van der Waals surface area contributed by atoms with Crippen molar-refractivity contribution in [2.45, 2.75) is 39.2 Å². The van der Waals surface area contributed by atoms with E-state index >= 15 is 0 Å². The normalized spacial score (nSPS) is 13.4. The monoisotopic (exact) mass is 354 g/mol. The standard InChI is InChI=1S/C21H23FN2O2/c1-3-11-23-20(26)12-16-14(2)24(13-15-7-4-5-8-17(15)22)18-9-6-10-19(25)21(16)18/h3-5,7-8H,1,6,9-13H2,2H3,(H,23,26). The van der Waals surface area contributed by atoms with Crippen LogP contribution in [-0.2, 0) is 24.2 Å². The van der Waals surface area contributed by atoms with E-state index in [4.69, 9.17) is 0 Å². The molecule has 1 aromatic heterocycles. The van der Waals surface area contributed by atoms with Gasteiger partial charge in [-0.3, -0.25) is 9.59 Å². The van der Waals surface area contributed by atoms with E-state index in [1.54, 1.807) is 24.3 Å². The fraction of sp³-hybridized carbons (Fsp3) is 0.333. The summed E-state index contributed by atoms with van der Waals surface area (Å²) < 4.78 is 16.1. The van der Waals surface area contributed by atoms with Crippen LogP contribution in [-0.4, -0.2) is 22.8 Å². The predicted molar refractivity (Wildman–Crippen MR) is 98.9 cm³/mol. The molecule has 1 aliphatic carbocycles. The third-order valence-electron chi connectivity index (χ3n) is 4.92. The summed E-state index contributed by atoms with van der Waals surface area (Å²) in [6.07, 6.45) is 3.82. The highest BCUT2D eigenvalue weighted by Crippen LogP contribution is 2.31. The zero-order chi connectivity index (χ0) is 18.7. The Morgan fingerprint density at radius 3 is 2.85 bits per heavy atom. The molecule has 0 radical (unpaired) electrons. The molecular weight excluding hydrogens is 331 g/mol. The van der Waals surface area contributed by atoms with Gasteiger partial charge >= 0.3 is 0 Å². The number of benzene rings is 1. The molecule has 1 aliphatic rings. The molecule has 26 heavy (non-hydrogen) atoms. The first-order valence-electron chi connectivity index (χ1n) is 8.88. The average Bonchev–Trinajstić information content (AvgIpc) is 2.88. The number of aromatic nitrogens is 1. The van der Waals surface area contributed by atoms with E-state index in [0.717, 1.165) is 29.8 Å². The smallest absolute Gasteiger partial charge is 0.224 e. The molecule has 0 atom stereocenters. The number of rotatable bonds is 6. The van der Waals surface area contributed by atoms with Crippen LogP contribution in [0.3, 0.4) is 0 Å². The molecule has 0 unspecified atom stereocenters. The highest BCUT2D eigenvalue weighted by Gasteiger charge is 2.29. The molecule has 3 rings (SSSR count). The summed E-state index contributed by atoms with van der Waals surface area (Å²) in [6, 6.07) is 6.66. The van der Waals surface area contributed by atoms with Crippen LogP contribution in [0.15, 0.2) is 36.9 Å². The van der Waals surface area contributed by atoms with Crippen molar-refractivity contribution in [3.63, 3.8) is 0 Å². The van der Waals surface area contributed by atoms with Crippen LogP contribution < -0.4 is 5.32 Å². The summed E-state index contributed by atoms with van der Waals surface area (Å²) in [6.45, 7) is 6.25. The molecule has 1 amide bonds. The number of ketones is 1. The number of nitrogens with one attached hydrogen (secondary N) is 1. The first-order valence-corrected chi connectivity index (χ1v) is 8.88. The van der Waals surface area contributed by atoms with Gasteiger partial charge in [-0.2, -0.15) is 0 Å². The van der Waals surface area contributed by atoms with Crippen LogP contribution in [0.4, 0.5) is 4.39 Å². The molecule has 2 aromatic rings. The Morgan fingerprint density at radius 2 is 2.12 bits per heavy atom. The lowest BCUT2D eigenvalue weighted by molar-refractivity contribution is -0.120. The van der Waals surface area contributed by atoms with E-state index in [-0.39, 0.29) is 23.9 Å². The van der Waals surface area contributed by atoms with E-state index in [1.165, 1.54) is 6.07 Å². The van der Waals surface area contributed by atoms with Crippen molar-refractivity contribution >= 4 is 11.7 Å². The minimum Gasteiger partial charge on any atom is -0.352 e. The quantitative estimate of drug-likeness (QED) is 0.809. The third-order valence-corrected chi connectivity index (χ3v) is 4.92. The lowest BCUT2D eigenvalue weighted by atomic mass is 9.92. The molecule has 1 N–H and O–H groups in total. The van der Waals surface area contributed by atoms with Gasteiger partial charge in [-0.1, -0.05) is 24.3 Å². The third kappa shape index (κ3) is 3.47. The van der Waals surface area contributed by atoms with E-state index in [2.05, 4.69) is 11.9 Å². The van der Waals surface area contributed by atoms with Gasteiger partial charge in [-0.05, 0) is 31.4 Å². The Labute approximate surface area is 152 Å². The van der Waals surface area contributed by atoms with E-state index in [9.17, 15) is 14.0 Å². The van der Waals surface area contributed by atoms with Crippen LogP contribution in [0.5, 0.6) is 0 Å². The van der Waals surface area contributed by atoms with Crippen molar-refractivity contribution in [2.24, 2.45) is 0 Å². The van der Waals surface area contributed by atoms with Crippen LogP contribution in [0.2, 0.25) is 0 Å². The number of amides is 1. The molecule has 0 aliphatic heterocycles. The van der Waals surface area contributed by atoms with Gasteiger partial charge in [0.15, 0.2) is 5.78 Å². The molecule has 5 heteroatoms. The molecular formula is C21H23FN2O2. The fourth-order valence-electron chi connectivity index (χ4n) is 3.62. The van der Waals surface area contributed by atoms with Gasteiger partial charge in [-0.25, -0.2) is 4.39 Å². The van der Waals surface area contributed by atoms with Gasteiger partial charge in [0.05, 0.1) is 13.0 Å². The van der Waals surface area contributed by atoms with Crippen molar-refractivity contribution in [2.75, 3.05) is 6.54 Å². The van der Waals surface area contributed by atoms with Gasteiger partial charge in [-0.15, -0.1) is 6.58 Å². The topological polar surface area (TPSA) is 51.1 Å². The Morgan fingerprint density at radius 1 is 1.35 bits per heavy atom. The Balaban J connectivity index is 2.01. The van der Waals surface area contributed by atoms with Gasteiger partial charge in [0.2, 0.25) is 5.91 Å². The molecule has 4 nitrogen and oxygen atoms in total. The number of Topliss-reactive ketones (excluding diaryl/α,β-unsaturated/α-hetero) is 1. The lowest BCUT2D eigenvalue weighted by Gasteiger charge is -2.16. The molecule has 136 valence electrons. The number of hydrogen-bond donors (Lipinski definition) is 1. The number of hydrogen-bond acceptors (Lipinski definition) is 2. The maximum absolute atomic E-state index is 14.1. The maximum Gasteiger partial charge on any atom is 0.224 e. The summed E-state index contributed by atoms with van der Waals surface area (Å²) in [4.78, 5) is 24.7. The van der Waals surface area contributed by atoms with Crippen molar-refractivity contribution in [1.29, 1.82) is 0 Å². The average molecular weight is 354 g/mol. The van der Waals surface area contributed by atoms with Gasteiger partial charge in [0.25, 0.3) is 0 Å². The fourth-order valence-corrected chi connectivity index (χ4v) is 3.62. The summed E-state index contributed by atoms with van der Waals surface area (Å²) in [7, 11) is 0. The number of fused-ring (bicyclic) bond motifs is 1. The van der Waals surface area contributed by atoms with Crippen molar-refractivity contribution in [1.82, 2.24) is 9.88 Å². The molecule has 0 spiro atoms. The van der Waals surface area contributed by atoms with Crippen molar-refractivity contribution in [3.8, 4) is 0 Å². The van der Waals surface area contributed by atoms with Crippen LogP contribution in [0.1, 0.15) is 45.7 Å². The second-order valence-corrected chi connectivity index (χ2v) is 6.61. The predicted octanol–water partition coefficient (Wildman–Crippen LogP) is 3.35. The molecule has 0 saturated heterocycles. The summed E-state index contributed by atoms with van der Waals surface area (Å²) in [5.74, 6) is -0.327. The van der Waals surface area contributed by atoms with Crippen LogP contribution >= 0.6 is 0 Å². The molecule has 0 bridgehead atoms. The molecule has 1 heterocycles. The van der Waals surface area contributed by atoms with E-state index < -0.39 is 0 Å². The largest absolute Gasteiger partial charge is 0.352 e. The molecule has 0 fully saturated rings. The lowest BCUT2D eigenvalue weighted by Crippen LogP contribution is -2.26. The number of carbonyl (C=O) groups excluding carboxylic acids is 2. The SMILES string of the molecule is C=CCNC(=O)Cc1c2c(n(Cc3ccccc3F)c1C)CCCC2=O. The van der Waals surface area contributed by atoms with Gasteiger partial charge < -0.3 is 9.88 Å². The molecule has 1 aromatic carbocycles. The second kappa shape index (κ2) is 7.68. The van der Waals surface area contributed by atoms with Crippen LogP contribution in [0.25, 0.3) is 0 Å². The zero-order valence-electron chi connectivity index (χ0n) is 15.0. The number of carbonyl (C=O) groups is 2. The highest BCUT2D eigenvalue weighted by molar-refractivity contribution is 6.01. The summed E-state index contributed by atoms with van der Waals surface area (Å²) >= 11 is 0. The minimum absolute atomic E-state index is 0.0770. The summed E-state index contributed by atoms with van der Waals surface area (Å²) in [5.41, 5.74) is 3.80. The van der Waals surface area contributed by atoms with E-state index in [0.29, 0.717) is 30.6 Å². The Hall–Kier alpha value is -2.69. The zero-order valence-corrected chi connectivity index (χ0v) is 15.0.